The van der Waals surface area contributed by atoms with Gasteiger partial charge >= 0.3 is 0 Å². The van der Waals surface area contributed by atoms with E-state index >= 15 is 0 Å². The van der Waals surface area contributed by atoms with E-state index in [0.717, 1.165) is 11.3 Å². The van der Waals surface area contributed by atoms with Gasteiger partial charge in [-0.2, -0.15) is 5.10 Å². The summed E-state index contributed by atoms with van der Waals surface area (Å²) in [6, 6.07) is 13.2. The molecule has 1 amide bonds. The van der Waals surface area contributed by atoms with Gasteiger partial charge in [-0.1, -0.05) is 29.8 Å². The van der Waals surface area contributed by atoms with Gasteiger partial charge in [0.15, 0.2) is 0 Å². The molecule has 0 saturated heterocycles. The molecule has 6 heteroatoms. The lowest BCUT2D eigenvalue weighted by molar-refractivity contribution is 0.0950. The first-order chi connectivity index (χ1) is 11.2. The lowest BCUT2D eigenvalue weighted by Crippen LogP contribution is -2.23. The molecule has 0 saturated carbocycles. The van der Waals surface area contributed by atoms with E-state index in [-0.39, 0.29) is 5.91 Å². The Morgan fingerprint density at radius 2 is 1.87 bits per heavy atom. The van der Waals surface area contributed by atoms with E-state index < -0.39 is 0 Å². The third-order valence-electron chi connectivity index (χ3n) is 3.43. The average molecular weight is 327 g/mol. The van der Waals surface area contributed by atoms with E-state index in [4.69, 9.17) is 11.6 Å². The van der Waals surface area contributed by atoms with E-state index in [1.807, 2.05) is 42.5 Å². The predicted octanol–water partition coefficient (Wildman–Crippen LogP) is 3.16. The maximum absolute atomic E-state index is 12.4. The number of pyridine rings is 1. The molecule has 1 N–H and O–H groups in total. The SMILES string of the molecule is Cc1nn(-c2ccccc2)c(Cl)c1C(=O)NCc1ccncc1. The van der Waals surface area contributed by atoms with Crippen molar-refractivity contribution in [2.75, 3.05) is 0 Å². The second kappa shape index (κ2) is 6.62. The predicted molar refractivity (Wildman–Crippen MR) is 88.7 cm³/mol. The molecule has 0 atom stereocenters. The topological polar surface area (TPSA) is 59.8 Å². The van der Waals surface area contributed by atoms with E-state index in [9.17, 15) is 4.79 Å². The Morgan fingerprint density at radius 1 is 1.17 bits per heavy atom. The summed E-state index contributed by atoms with van der Waals surface area (Å²) in [5.74, 6) is -0.244. The van der Waals surface area contributed by atoms with Gasteiger partial charge in [-0.3, -0.25) is 9.78 Å². The minimum atomic E-state index is -0.244. The summed E-state index contributed by atoms with van der Waals surface area (Å²) in [5.41, 5.74) is 2.77. The van der Waals surface area contributed by atoms with Crippen molar-refractivity contribution in [3.63, 3.8) is 0 Å². The molecular formula is C17H15ClN4O. The van der Waals surface area contributed by atoms with Crippen molar-refractivity contribution in [2.45, 2.75) is 13.5 Å². The quantitative estimate of drug-likeness (QED) is 0.801. The number of nitrogens with one attached hydrogen (secondary N) is 1. The van der Waals surface area contributed by atoms with Crippen molar-refractivity contribution in [1.82, 2.24) is 20.1 Å². The minimum absolute atomic E-state index is 0.244. The van der Waals surface area contributed by atoms with E-state index in [1.165, 1.54) is 0 Å². The van der Waals surface area contributed by atoms with Crippen LogP contribution in [0, 0.1) is 6.92 Å². The second-order valence-corrected chi connectivity index (χ2v) is 5.39. The van der Waals surface area contributed by atoms with Gasteiger partial charge in [0.25, 0.3) is 5.91 Å². The smallest absolute Gasteiger partial charge is 0.256 e. The molecule has 3 rings (SSSR count). The summed E-state index contributed by atoms with van der Waals surface area (Å²) in [4.78, 5) is 16.4. The molecule has 5 nitrogen and oxygen atoms in total. The number of aryl methyl sites for hydroxylation is 1. The fourth-order valence-corrected chi connectivity index (χ4v) is 2.63. The molecule has 1 aromatic carbocycles. The molecule has 0 aliphatic carbocycles. The monoisotopic (exact) mass is 326 g/mol. The first-order valence-electron chi connectivity index (χ1n) is 7.14. The van der Waals surface area contributed by atoms with E-state index in [0.29, 0.717) is 23.0 Å². The van der Waals surface area contributed by atoms with E-state index in [2.05, 4.69) is 15.4 Å². The van der Waals surface area contributed by atoms with Crippen LogP contribution in [0.1, 0.15) is 21.6 Å². The Labute approximate surface area is 138 Å². The zero-order valence-electron chi connectivity index (χ0n) is 12.5. The average Bonchev–Trinajstić information content (AvgIpc) is 2.89. The lowest BCUT2D eigenvalue weighted by Gasteiger charge is -2.05. The van der Waals surface area contributed by atoms with Crippen molar-refractivity contribution in [3.05, 3.63) is 76.8 Å². The molecule has 0 fully saturated rings. The number of rotatable bonds is 4. The van der Waals surface area contributed by atoms with Crippen molar-refractivity contribution < 1.29 is 4.79 Å². The van der Waals surface area contributed by atoms with Crippen molar-refractivity contribution in [2.24, 2.45) is 0 Å². The molecular weight excluding hydrogens is 312 g/mol. The van der Waals surface area contributed by atoms with Crippen LogP contribution in [0.2, 0.25) is 5.15 Å². The third-order valence-corrected chi connectivity index (χ3v) is 3.78. The Morgan fingerprint density at radius 3 is 2.57 bits per heavy atom. The summed E-state index contributed by atoms with van der Waals surface area (Å²) in [7, 11) is 0. The number of hydrogen-bond donors (Lipinski definition) is 1. The Balaban J connectivity index is 1.83. The van der Waals surface area contributed by atoms with Crippen LogP contribution in [-0.4, -0.2) is 20.7 Å². The van der Waals surface area contributed by atoms with Crippen LogP contribution in [0.5, 0.6) is 0 Å². The zero-order chi connectivity index (χ0) is 16.2. The molecule has 0 unspecified atom stereocenters. The number of para-hydroxylation sites is 1. The highest BCUT2D eigenvalue weighted by molar-refractivity contribution is 6.33. The van der Waals surface area contributed by atoms with Gasteiger partial charge in [-0.05, 0) is 36.8 Å². The highest BCUT2D eigenvalue weighted by Crippen LogP contribution is 2.23. The fraction of sp³-hybridized carbons (Fsp3) is 0.118. The fourth-order valence-electron chi connectivity index (χ4n) is 2.27. The van der Waals surface area contributed by atoms with Gasteiger partial charge in [0.2, 0.25) is 0 Å². The van der Waals surface area contributed by atoms with Gasteiger partial charge in [0.05, 0.1) is 16.9 Å². The maximum atomic E-state index is 12.4. The summed E-state index contributed by atoms with van der Waals surface area (Å²) >= 11 is 6.37. The molecule has 0 spiro atoms. The minimum Gasteiger partial charge on any atom is -0.348 e. The molecule has 23 heavy (non-hydrogen) atoms. The van der Waals surface area contributed by atoms with Crippen LogP contribution in [-0.2, 0) is 6.54 Å². The molecule has 116 valence electrons. The van der Waals surface area contributed by atoms with Crippen LogP contribution in [0.15, 0.2) is 54.9 Å². The van der Waals surface area contributed by atoms with Crippen LogP contribution in [0.25, 0.3) is 5.69 Å². The van der Waals surface area contributed by atoms with Gasteiger partial charge < -0.3 is 5.32 Å². The third kappa shape index (κ3) is 3.24. The standard InChI is InChI=1S/C17H15ClN4O/c1-12-15(17(23)20-11-13-7-9-19-10-8-13)16(18)22(21-12)14-5-3-2-4-6-14/h2-10H,11H2,1H3,(H,20,23). The second-order valence-electron chi connectivity index (χ2n) is 5.04. The van der Waals surface area contributed by atoms with Gasteiger partial charge in [0, 0.05) is 18.9 Å². The Bertz CT molecular complexity index is 815. The Hall–Kier alpha value is -2.66. The van der Waals surface area contributed by atoms with Crippen molar-refractivity contribution in [3.8, 4) is 5.69 Å². The highest BCUT2D eigenvalue weighted by Gasteiger charge is 2.20. The first kappa shape index (κ1) is 15.2. The van der Waals surface area contributed by atoms with Gasteiger partial charge in [-0.15, -0.1) is 0 Å². The number of nitrogens with zero attached hydrogens (tertiary/aromatic N) is 3. The van der Waals surface area contributed by atoms with Crippen LogP contribution < -0.4 is 5.32 Å². The lowest BCUT2D eigenvalue weighted by atomic mass is 10.2. The number of aromatic nitrogens is 3. The number of benzene rings is 1. The maximum Gasteiger partial charge on any atom is 0.256 e. The first-order valence-corrected chi connectivity index (χ1v) is 7.52. The molecule has 2 heterocycles. The number of hydrogen-bond acceptors (Lipinski definition) is 3. The number of carbonyl (C=O) groups excluding carboxylic acids is 1. The molecule has 3 aromatic rings. The van der Waals surface area contributed by atoms with Crippen LogP contribution >= 0.6 is 11.6 Å². The summed E-state index contributed by atoms with van der Waals surface area (Å²) in [6.07, 6.45) is 3.38. The van der Waals surface area contributed by atoms with Gasteiger partial charge in [0.1, 0.15) is 5.15 Å². The zero-order valence-corrected chi connectivity index (χ0v) is 13.3. The Kier molecular flexibility index (Phi) is 4.39. The number of amides is 1. The normalized spacial score (nSPS) is 10.5. The largest absolute Gasteiger partial charge is 0.348 e. The summed E-state index contributed by atoms with van der Waals surface area (Å²) in [5, 5.41) is 7.53. The number of halogens is 1. The molecule has 2 aromatic heterocycles. The number of carbonyl (C=O) groups is 1. The van der Waals surface area contributed by atoms with E-state index in [1.54, 1.807) is 24.0 Å². The molecule has 0 aliphatic rings. The summed E-state index contributed by atoms with van der Waals surface area (Å²) in [6.45, 7) is 2.18. The van der Waals surface area contributed by atoms with Crippen LogP contribution in [0.3, 0.4) is 0 Å². The summed E-state index contributed by atoms with van der Waals surface area (Å²) < 4.78 is 1.57. The van der Waals surface area contributed by atoms with Gasteiger partial charge in [-0.25, -0.2) is 4.68 Å². The molecule has 0 aliphatic heterocycles. The molecule has 0 radical (unpaired) electrons. The van der Waals surface area contributed by atoms with Crippen molar-refractivity contribution in [1.29, 1.82) is 0 Å². The van der Waals surface area contributed by atoms with Crippen LogP contribution in [0.4, 0.5) is 0 Å². The molecule has 0 bridgehead atoms. The highest BCUT2D eigenvalue weighted by atomic mass is 35.5. The van der Waals surface area contributed by atoms with Crippen molar-refractivity contribution >= 4 is 17.5 Å².